The Morgan fingerprint density at radius 3 is 2.76 bits per heavy atom. The van der Waals surface area contributed by atoms with Crippen LogP contribution in [0.15, 0.2) is 22.7 Å². The SMILES string of the molecule is O=Cc1cccc(Br)c1OCC1CCCCC1. The van der Waals surface area contributed by atoms with Crippen LogP contribution in [0.2, 0.25) is 0 Å². The largest absolute Gasteiger partial charge is 0.491 e. The number of rotatable bonds is 4. The summed E-state index contributed by atoms with van der Waals surface area (Å²) >= 11 is 3.43. The fourth-order valence-electron chi connectivity index (χ4n) is 2.33. The highest BCUT2D eigenvalue weighted by Crippen LogP contribution is 2.30. The van der Waals surface area contributed by atoms with Gasteiger partial charge in [-0.2, -0.15) is 0 Å². The molecule has 1 aliphatic carbocycles. The molecule has 1 aromatic carbocycles. The summed E-state index contributed by atoms with van der Waals surface area (Å²) in [5, 5.41) is 0. The minimum absolute atomic E-state index is 0.621. The van der Waals surface area contributed by atoms with Gasteiger partial charge in [-0.25, -0.2) is 0 Å². The monoisotopic (exact) mass is 296 g/mol. The number of para-hydroxylation sites is 1. The Labute approximate surface area is 110 Å². The standard InChI is InChI=1S/C14H17BrO2/c15-13-8-4-7-12(9-16)14(13)17-10-11-5-2-1-3-6-11/h4,7-9,11H,1-3,5-6,10H2. The number of ether oxygens (including phenoxy) is 1. The van der Waals surface area contributed by atoms with Gasteiger partial charge in [-0.15, -0.1) is 0 Å². The second-order valence-corrected chi connectivity index (χ2v) is 5.45. The molecular weight excluding hydrogens is 280 g/mol. The first-order valence-electron chi connectivity index (χ1n) is 6.17. The van der Waals surface area contributed by atoms with Gasteiger partial charge in [0.25, 0.3) is 0 Å². The maximum atomic E-state index is 10.9. The van der Waals surface area contributed by atoms with Gasteiger partial charge < -0.3 is 4.74 Å². The van der Waals surface area contributed by atoms with Crippen molar-refractivity contribution in [2.45, 2.75) is 32.1 Å². The maximum Gasteiger partial charge on any atom is 0.153 e. The van der Waals surface area contributed by atoms with Crippen LogP contribution in [-0.4, -0.2) is 12.9 Å². The van der Waals surface area contributed by atoms with Crippen LogP contribution in [0.5, 0.6) is 5.75 Å². The highest BCUT2D eigenvalue weighted by molar-refractivity contribution is 9.10. The molecule has 1 fully saturated rings. The lowest BCUT2D eigenvalue weighted by atomic mass is 9.90. The quantitative estimate of drug-likeness (QED) is 0.778. The van der Waals surface area contributed by atoms with Crippen LogP contribution in [-0.2, 0) is 0 Å². The summed E-state index contributed by atoms with van der Waals surface area (Å²) < 4.78 is 6.68. The van der Waals surface area contributed by atoms with Crippen LogP contribution in [0.25, 0.3) is 0 Å². The summed E-state index contributed by atoms with van der Waals surface area (Å²) in [6, 6.07) is 5.54. The summed E-state index contributed by atoms with van der Waals surface area (Å²) in [6.07, 6.45) is 7.32. The molecule has 3 heteroatoms. The van der Waals surface area contributed by atoms with E-state index in [1.165, 1.54) is 32.1 Å². The van der Waals surface area contributed by atoms with E-state index in [1.807, 2.05) is 12.1 Å². The number of hydrogen-bond donors (Lipinski definition) is 0. The molecule has 0 unspecified atom stereocenters. The van der Waals surface area contributed by atoms with Crippen molar-refractivity contribution in [3.8, 4) is 5.75 Å². The van der Waals surface area contributed by atoms with Crippen LogP contribution in [0.3, 0.4) is 0 Å². The Hall–Kier alpha value is -0.830. The summed E-state index contributed by atoms with van der Waals surface area (Å²) in [5.41, 5.74) is 0.621. The lowest BCUT2D eigenvalue weighted by Gasteiger charge is -2.22. The fraction of sp³-hybridized carbons (Fsp3) is 0.500. The average Bonchev–Trinajstić information content (AvgIpc) is 2.38. The van der Waals surface area contributed by atoms with Crippen LogP contribution < -0.4 is 4.74 Å². The average molecular weight is 297 g/mol. The molecule has 2 nitrogen and oxygen atoms in total. The van der Waals surface area contributed by atoms with Crippen molar-refractivity contribution in [3.05, 3.63) is 28.2 Å². The van der Waals surface area contributed by atoms with Gasteiger partial charge >= 0.3 is 0 Å². The zero-order valence-electron chi connectivity index (χ0n) is 9.82. The van der Waals surface area contributed by atoms with Gasteiger partial charge in [0.05, 0.1) is 16.6 Å². The third kappa shape index (κ3) is 3.32. The van der Waals surface area contributed by atoms with Crippen molar-refractivity contribution >= 4 is 22.2 Å². The summed E-state index contributed by atoms with van der Waals surface area (Å²) in [4.78, 5) is 10.9. The predicted octanol–water partition coefficient (Wildman–Crippen LogP) is 4.22. The van der Waals surface area contributed by atoms with Crippen LogP contribution in [0, 0.1) is 5.92 Å². The zero-order chi connectivity index (χ0) is 12.1. The normalized spacial score (nSPS) is 16.8. The topological polar surface area (TPSA) is 26.3 Å². The van der Waals surface area contributed by atoms with Gasteiger partial charge in [0.1, 0.15) is 5.75 Å². The van der Waals surface area contributed by atoms with Crippen molar-refractivity contribution in [3.63, 3.8) is 0 Å². The Morgan fingerprint density at radius 1 is 1.29 bits per heavy atom. The van der Waals surface area contributed by atoms with E-state index in [1.54, 1.807) is 6.07 Å². The second kappa shape index (κ2) is 6.20. The van der Waals surface area contributed by atoms with Gasteiger partial charge in [0.2, 0.25) is 0 Å². The van der Waals surface area contributed by atoms with Crippen molar-refractivity contribution in [1.82, 2.24) is 0 Å². The molecule has 0 aliphatic heterocycles. The second-order valence-electron chi connectivity index (χ2n) is 4.59. The summed E-state index contributed by atoms with van der Waals surface area (Å²) in [5.74, 6) is 1.34. The predicted molar refractivity (Wildman–Crippen MR) is 71.6 cm³/mol. The van der Waals surface area contributed by atoms with E-state index in [-0.39, 0.29) is 0 Å². The van der Waals surface area contributed by atoms with E-state index < -0.39 is 0 Å². The van der Waals surface area contributed by atoms with Crippen LogP contribution in [0.4, 0.5) is 0 Å². The molecule has 0 radical (unpaired) electrons. The first-order chi connectivity index (χ1) is 8.31. The molecule has 92 valence electrons. The maximum absolute atomic E-state index is 10.9. The van der Waals surface area contributed by atoms with Crippen molar-refractivity contribution < 1.29 is 9.53 Å². The van der Waals surface area contributed by atoms with Gasteiger partial charge in [0, 0.05) is 0 Å². The van der Waals surface area contributed by atoms with E-state index >= 15 is 0 Å². The van der Waals surface area contributed by atoms with Crippen molar-refractivity contribution in [2.24, 2.45) is 5.92 Å². The highest BCUT2D eigenvalue weighted by Gasteiger charge is 2.15. The number of carbonyl (C=O) groups excluding carboxylic acids is 1. The number of carbonyl (C=O) groups is 1. The molecule has 1 aliphatic rings. The molecule has 0 amide bonds. The minimum atomic E-state index is 0.621. The Bertz CT molecular complexity index is 384. The molecule has 1 saturated carbocycles. The third-order valence-electron chi connectivity index (χ3n) is 3.31. The van der Waals surface area contributed by atoms with Crippen LogP contribution >= 0.6 is 15.9 Å². The van der Waals surface area contributed by atoms with Gasteiger partial charge in [0.15, 0.2) is 6.29 Å². The molecule has 0 spiro atoms. The Balaban J connectivity index is 2.00. The molecule has 0 N–H and O–H groups in total. The van der Waals surface area contributed by atoms with E-state index in [0.717, 1.165) is 17.4 Å². The zero-order valence-corrected chi connectivity index (χ0v) is 11.4. The number of aldehydes is 1. The minimum Gasteiger partial charge on any atom is -0.491 e. The first-order valence-corrected chi connectivity index (χ1v) is 6.97. The third-order valence-corrected chi connectivity index (χ3v) is 3.94. The van der Waals surface area contributed by atoms with Gasteiger partial charge in [-0.1, -0.05) is 25.3 Å². The Kier molecular flexibility index (Phi) is 4.60. The number of hydrogen-bond acceptors (Lipinski definition) is 2. The van der Waals surface area contributed by atoms with Gasteiger partial charge in [-0.3, -0.25) is 4.79 Å². The highest BCUT2D eigenvalue weighted by atomic mass is 79.9. The fourth-order valence-corrected chi connectivity index (χ4v) is 2.82. The molecule has 0 atom stereocenters. The molecule has 0 bridgehead atoms. The summed E-state index contributed by atoms with van der Waals surface area (Å²) in [6.45, 7) is 0.726. The molecular formula is C14H17BrO2. The molecule has 1 aromatic rings. The van der Waals surface area contributed by atoms with Crippen molar-refractivity contribution in [2.75, 3.05) is 6.61 Å². The molecule has 17 heavy (non-hydrogen) atoms. The van der Waals surface area contributed by atoms with Crippen molar-refractivity contribution in [1.29, 1.82) is 0 Å². The summed E-state index contributed by atoms with van der Waals surface area (Å²) in [7, 11) is 0. The van der Waals surface area contributed by atoms with Gasteiger partial charge in [-0.05, 0) is 46.8 Å². The lowest BCUT2D eigenvalue weighted by molar-refractivity contribution is 0.111. The number of halogens is 1. The van der Waals surface area contributed by atoms with E-state index in [4.69, 9.17) is 4.74 Å². The molecule has 0 heterocycles. The van der Waals surface area contributed by atoms with E-state index in [2.05, 4.69) is 15.9 Å². The Morgan fingerprint density at radius 2 is 2.06 bits per heavy atom. The number of benzene rings is 1. The molecule has 0 aromatic heterocycles. The molecule has 2 rings (SSSR count). The molecule has 0 saturated heterocycles. The smallest absolute Gasteiger partial charge is 0.153 e. The van der Waals surface area contributed by atoms with E-state index in [9.17, 15) is 4.79 Å². The first kappa shape index (κ1) is 12.6. The lowest BCUT2D eigenvalue weighted by Crippen LogP contribution is -2.16. The van der Waals surface area contributed by atoms with Crippen LogP contribution in [0.1, 0.15) is 42.5 Å². The van der Waals surface area contributed by atoms with E-state index in [0.29, 0.717) is 17.2 Å².